The Morgan fingerprint density at radius 3 is 2.39 bits per heavy atom. The molecule has 1 heterocycles. The first-order chi connectivity index (χ1) is 10.9. The molecule has 2 rings (SSSR count). The minimum absolute atomic E-state index is 0.000706. The van der Waals surface area contributed by atoms with Crippen LogP contribution in [0.25, 0.3) is 0 Å². The Kier molecular flexibility index (Phi) is 5.77. The number of hydrogen-bond acceptors (Lipinski definition) is 3. The van der Waals surface area contributed by atoms with Gasteiger partial charge in [-0.25, -0.2) is 0 Å². The van der Waals surface area contributed by atoms with Crippen LogP contribution in [0.1, 0.15) is 37.6 Å². The average Bonchev–Trinajstić information content (AvgIpc) is 3.02. The maximum absolute atomic E-state index is 12.8. The minimum atomic E-state index is -0.546. The van der Waals surface area contributed by atoms with Crippen LogP contribution in [0.4, 0.5) is 0 Å². The Hall–Kier alpha value is -1.88. The van der Waals surface area contributed by atoms with Gasteiger partial charge >= 0.3 is 0 Å². The molecule has 1 aliphatic heterocycles. The average molecular weight is 318 g/mol. The molecule has 23 heavy (non-hydrogen) atoms. The molecule has 5 heteroatoms. The summed E-state index contributed by atoms with van der Waals surface area (Å²) in [6.07, 6.45) is 0.394. The third-order valence-corrected chi connectivity index (χ3v) is 4.47. The predicted octanol–water partition coefficient (Wildman–Crippen LogP) is 1.67. The second kappa shape index (κ2) is 7.59. The number of hydrogen-bond donors (Lipinski definition) is 2. The molecule has 0 aliphatic carbocycles. The molecule has 3 unspecified atom stereocenters. The van der Waals surface area contributed by atoms with E-state index in [1.807, 2.05) is 19.9 Å². The van der Waals surface area contributed by atoms with Crippen LogP contribution in [0.5, 0.6) is 0 Å². The van der Waals surface area contributed by atoms with Gasteiger partial charge < -0.3 is 15.3 Å². The molecular weight excluding hydrogens is 292 g/mol. The van der Waals surface area contributed by atoms with E-state index in [0.717, 1.165) is 6.42 Å². The number of benzene rings is 1. The van der Waals surface area contributed by atoms with Crippen molar-refractivity contribution in [2.45, 2.75) is 39.3 Å². The summed E-state index contributed by atoms with van der Waals surface area (Å²) in [6.45, 7) is 6.81. The van der Waals surface area contributed by atoms with E-state index in [1.165, 1.54) is 0 Å². The molecule has 3 atom stereocenters. The van der Waals surface area contributed by atoms with Gasteiger partial charge in [-0.1, -0.05) is 32.0 Å². The third-order valence-electron chi connectivity index (χ3n) is 4.47. The SMILES string of the molecule is CC(C)C(NC(=O)c1ccccc1)C(=O)N1CCC(C(C)O)C1. The van der Waals surface area contributed by atoms with Gasteiger partial charge in [0.05, 0.1) is 6.10 Å². The van der Waals surface area contributed by atoms with Gasteiger partial charge in [0.15, 0.2) is 0 Å². The molecule has 2 N–H and O–H groups in total. The molecule has 0 saturated carbocycles. The van der Waals surface area contributed by atoms with E-state index in [-0.39, 0.29) is 23.7 Å². The quantitative estimate of drug-likeness (QED) is 0.867. The molecule has 1 saturated heterocycles. The summed E-state index contributed by atoms with van der Waals surface area (Å²) < 4.78 is 0. The highest BCUT2D eigenvalue weighted by Gasteiger charge is 2.34. The van der Waals surface area contributed by atoms with Gasteiger partial charge in [0.2, 0.25) is 5.91 Å². The molecule has 1 aliphatic rings. The summed E-state index contributed by atoms with van der Waals surface area (Å²) in [6, 6.07) is 8.37. The van der Waals surface area contributed by atoms with Crippen LogP contribution in [0.3, 0.4) is 0 Å². The van der Waals surface area contributed by atoms with Gasteiger partial charge in [0.1, 0.15) is 6.04 Å². The maximum Gasteiger partial charge on any atom is 0.251 e. The summed E-state index contributed by atoms with van der Waals surface area (Å²) in [5.41, 5.74) is 0.550. The summed E-state index contributed by atoms with van der Waals surface area (Å²) >= 11 is 0. The Bertz CT molecular complexity index is 542. The minimum Gasteiger partial charge on any atom is -0.393 e. The Morgan fingerprint density at radius 1 is 1.22 bits per heavy atom. The summed E-state index contributed by atoms with van der Waals surface area (Å²) in [5.74, 6) is -0.172. The molecule has 0 radical (unpaired) electrons. The van der Waals surface area contributed by atoms with Gasteiger partial charge in [0, 0.05) is 24.6 Å². The van der Waals surface area contributed by atoms with E-state index in [1.54, 1.807) is 36.1 Å². The first-order valence-electron chi connectivity index (χ1n) is 8.23. The second-order valence-electron chi connectivity index (χ2n) is 6.63. The van der Waals surface area contributed by atoms with Crippen molar-refractivity contribution >= 4 is 11.8 Å². The predicted molar refractivity (Wildman–Crippen MR) is 88.9 cm³/mol. The number of likely N-dealkylation sites (tertiary alicyclic amines) is 1. The van der Waals surface area contributed by atoms with Crippen molar-refractivity contribution in [1.82, 2.24) is 10.2 Å². The zero-order chi connectivity index (χ0) is 17.0. The van der Waals surface area contributed by atoms with Crippen LogP contribution in [-0.4, -0.2) is 47.1 Å². The van der Waals surface area contributed by atoms with Crippen LogP contribution in [0.2, 0.25) is 0 Å². The van der Waals surface area contributed by atoms with Crippen LogP contribution < -0.4 is 5.32 Å². The molecule has 1 aromatic carbocycles. The highest BCUT2D eigenvalue weighted by molar-refractivity contribution is 5.97. The molecule has 2 amide bonds. The zero-order valence-corrected chi connectivity index (χ0v) is 14.0. The molecule has 126 valence electrons. The molecular formula is C18H26N2O3. The summed E-state index contributed by atoms with van der Waals surface area (Å²) in [7, 11) is 0. The van der Waals surface area contributed by atoms with E-state index < -0.39 is 12.1 Å². The number of aliphatic hydroxyl groups excluding tert-OH is 1. The van der Waals surface area contributed by atoms with Gasteiger partial charge in [0.25, 0.3) is 5.91 Å². The molecule has 0 bridgehead atoms. The topological polar surface area (TPSA) is 69.6 Å². The van der Waals surface area contributed by atoms with E-state index in [2.05, 4.69) is 5.32 Å². The lowest BCUT2D eigenvalue weighted by atomic mass is 10.0. The van der Waals surface area contributed by atoms with Crippen LogP contribution in [-0.2, 0) is 4.79 Å². The standard InChI is InChI=1S/C18H26N2O3/c1-12(2)16(19-17(22)14-7-5-4-6-8-14)18(23)20-10-9-15(11-20)13(3)21/h4-8,12-13,15-16,21H,9-11H2,1-3H3,(H,19,22). The van der Waals surface area contributed by atoms with Gasteiger partial charge in [-0.15, -0.1) is 0 Å². The largest absolute Gasteiger partial charge is 0.393 e. The fraction of sp³-hybridized carbons (Fsp3) is 0.556. The van der Waals surface area contributed by atoms with E-state index in [0.29, 0.717) is 18.7 Å². The lowest BCUT2D eigenvalue weighted by Gasteiger charge is -2.27. The number of carbonyl (C=O) groups excluding carboxylic acids is 2. The normalized spacial score (nSPS) is 20.4. The highest BCUT2D eigenvalue weighted by atomic mass is 16.3. The fourth-order valence-electron chi connectivity index (χ4n) is 2.91. The van der Waals surface area contributed by atoms with E-state index in [4.69, 9.17) is 0 Å². The molecule has 0 aromatic heterocycles. The van der Waals surface area contributed by atoms with Crippen molar-refractivity contribution in [3.63, 3.8) is 0 Å². The molecule has 1 fully saturated rings. The lowest BCUT2D eigenvalue weighted by molar-refractivity contribution is -0.133. The Balaban J connectivity index is 2.04. The molecule has 0 spiro atoms. The monoisotopic (exact) mass is 318 g/mol. The van der Waals surface area contributed by atoms with Gasteiger partial charge in [-0.2, -0.15) is 0 Å². The van der Waals surface area contributed by atoms with Gasteiger partial charge in [-0.3, -0.25) is 9.59 Å². The highest BCUT2D eigenvalue weighted by Crippen LogP contribution is 2.21. The number of nitrogens with zero attached hydrogens (tertiary/aromatic N) is 1. The fourth-order valence-corrected chi connectivity index (χ4v) is 2.91. The van der Waals surface area contributed by atoms with Crippen molar-refractivity contribution < 1.29 is 14.7 Å². The summed E-state index contributed by atoms with van der Waals surface area (Å²) in [5, 5.41) is 12.5. The molecule has 5 nitrogen and oxygen atoms in total. The summed E-state index contributed by atoms with van der Waals surface area (Å²) in [4.78, 5) is 26.8. The Labute approximate surface area is 137 Å². The van der Waals surface area contributed by atoms with E-state index in [9.17, 15) is 14.7 Å². The van der Waals surface area contributed by atoms with Gasteiger partial charge in [-0.05, 0) is 31.4 Å². The maximum atomic E-state index is 12.8. The third kappa shape index (κ3) is 4.32. The van der Waals surface area contributed by atoms with Crippen LogP contribution >= 0.6 is 0 Å². The van der Waals surface area contributed by atoms with Crippen molar-refractivity contribution in [3.8, 4) is 0 Å². The Morgan fingerprint density at radius 2 is 1.87 bits per heavy atom. The van der Waals surface area contributed by atoms with Crippen molar-refractivity contribution in [3.05, 3.63) is 35.9 Å². The van der Waals surface area contributed by atoms with Crippen LogP contribution in [0, 0.1) is 11.8 Å². The first-order valence-corrected chi connectivity index (χ1v) is 8.23. The zero-order valence-electron chi connectivity index (χ0n) is 14.0. The second-order valence-corrected chi connectivity index (χ2v) is 6.63. The van der Waals surface area contributed by atoms with Crippen molar-refractivity contribution in [2.24, 2.45) is 11.8 Å². The number of amides is 2. The number of aliphatic hydroxyl groups is 1. The number of rotatable bonds is 5. The first kappa shape index (κ1) is 17.5. The smallest absolute Gasteiger partial charge is 0.251 e. The lowest BCUT2D eigenvalue weighted by Crippen LogP contribution is -2.50. The number of nitrogens with one attached hydrogen (secondary N) is 1. The van der Waals surface area contributed by atoms with Crippen molar-refractivity contribution in [1.29, 1.82) is 0 Å². The van der Waals surface area contributed by atoms with Crippen molar-refractivity contribution in [2.75, 3.05) is 13.1 Å². The number of carbonyl (C=O) groups is 2. The van der Waals surface area contributed by atoms with E-state index >= 15 is 0 Å². The van der Waals surface area contributed by atoms with Crippen LogP contribution in [0.15, 0.2) is 30.3 Å². The molecule has 1 aromatic rings.